The minimum Gasteiger partial charge on any atom is -0.488 e. The summed E-state index contributed by atoms with van der Waals surface area (Å²) >= 11 is 0. The predicted octanol–water partition coefficient (Wildman–Crippen LogP) is 3.17. The molecule has 1 unspecified atom stereocenters. The maximum absolute atomic E-state index is 12.6. The minimum absolute atomic E-state index is 0. The summed E-state index contributed by atoms with van der Waals surface area (Å²) in [6, 6.07) is 7.45. The molecule has 0 spiro atoms. The Balaban J connectivity index is 0.00000208. The van der Waals surface area contributed by atoms with E-state index < -0.39 is 10.0 Å². The Morgan fingerprint density at radius 3 is 2.83 bits per heavy atom. The summed E-state index contributed by atoms with van der Waals surface area (Å²) in [6.45, 7) is 3.87. The van der Waals surface area contributed by atoms with Crippen LogP contribution < -0.4 is 10.1 Å². The van der Waals surface area contributed by atoms with Crippen LogP contribution in [0.5, 0.6) is 5.75 Å². The number of nitrogens with zero attached hydrogens (tertiary/aromatic N) is 1. The molecule has 0 saturated carbocycles. The van der Waals surface area contributed by atoms with Gasteiger partial charge in [-0.15, -0.1) is 12.4 Å². The molecule has 1 aromatic carbocycles. The van der Waals surface area contributed by atoms with Gasteiger partial charge in [0.1, 0.15) is 11.9 Å². The Hall–Kier alpha value is -1.24. The first kappa shape index (κ1) is 19.1. The van der Waals surface area contributed by atoms with Crippen molar-refractivity contribution in [3.63, 3.8) is 0 Å². The molecule has 1 saturated heterocycles. The molecular formula is C17H25ClN2O3S. The van der Waals surface area contributed by atoms with Crippen molar-refractivity contribution in [2.75, 3.05) is 18.8 Å². The third kappa shape index (κ3) is 4.05. The lowest BCUT2D eigenvalue weighted by molar-refractivity contribution is 0.226. The number of rotatable bonds is 7. The molecule has 24 heavy (non-hydrogen) atoms. The molecule has 3 rings (SSSR count). The van der Waals surface area contributed by atoms with Gasteiger partial charge in [0.15, 0.2) is 0 Å². The second-order valence-electron chi connectivity index (χ2n) is 6.06. The second kappa shape index (κ2) is 8.23. The molecule has 1 aromatic heterocycles. The largest absolute Gasteiger partial charge is 0.488 e. The standard InChI is InChI=1S/C17H24N2O3S.ClH/c1-2-3-4-12-23(20,21)19-11-9-15-16(19)6-5-7-17(15)22-14-8-10-18-13-14;/h5-7,9,11,14,18H,2-4,8,10,12-13H2,1H3;1H. The first-order chi connectivity index (χ1) is 11.1. The normalized spacial score (nSPS) is 17.8. The number of aromatic nitrogens is 1. The van der Waals surface area contributed by atoms with Gasteiger partial charge in [0.25, 0.3) is 0 Å². The van der Waals surface area contributed by atoms with Gasteiger partial charge in [0.05, 0.1) is 11.3 Å². The fraction of sp³-hybridized carbons (Fsp3) is 0.529. The highest BCUT2D eigenvalue weighted by Gasteiger charge is 2.20. The number of fused-ring (bicyclic) bond motifs is 1. The maximum atomic E-state index is 12.6. The summed E-state index contributed by atoms with van der Waals surface area (Å²) < 4.78 is 32.5. The average Bonchev–Trinajstić information content (AvgIpc) is 3.17. The Bertz CT molecular complexity index is 767. The highest BCUT2D eigenvalue weighted by atomic mass is 35.5. The summed E-state index contributed by atoms with van der Waals surface area (Å²) in [5, 5.41) is 4.13. The minimum atomic E-state index is -3.31. The van der Waals surface area contributed by atoms with Crippen molar-refractivity contribution in [1.82, 2.24) is 9.29 Å². The second-order valence-corrected chi connectivity index (χ2v) is 8.02. The van der Waals surface area contributed by atoms with E-state index in [-0.39, 0.29) is 24.3 Å². The summed E-state index contributed by atoms with van der Waals surface area (Å²) in [7, 11) is -3.31. The number of hydrogen-bond donors (Lipinski definition) is 1. The smallest absolute Gasteiger partial charge is 0.238 e. The Labute approximate surface area is 149 Å². The topological polar surface area (TPSA) is 60.3 Å². The van der Waals surface area contributed by atoms with Gasteiger partial charge in [-0.3, -0.25) is 0 Å². The maximum Gasteiger partial charge on any atom is 0.238 e. The predicted molar refractivity (Wildman–Crippen MR) is 99.8 cm³/mol. The van der Waals surface area contributed by atoms with Gasteiger partial charge in [-0.25, -0.2) is 12.4 Å². The molecule has 0 aliphatic carbocycles. The first-order valence-electron chi connectivity index (χ1n) is 8.32. The van der Waals surface area contributed by atoms with E-state index in [0.29, 0.717) is 11.9 Å². The van der Waals surface area contributed by atoms with Crippen molar-refractivity contribution >= 4 is 33.3 Å². The zero-order valence-electron chi connectivity index (χ0n) is 13.9. The number of nitrogens with one attached hydrogen (secondary N) is 1. The summed E-state index contributed by atoms with van der Waals surface area (Å²) in [5.41, 5.74) is 0.699. The van der Waals surface area contributed by atoms with Crippen LogP contribution in [0.25, 0.3) is 10.9 Å². The van der Waals surface area contributed by atoms with E-state index in [9.17, 15) is 8.42 Å². The van der Waals surface area contributed by atoms with Gasteiger partial charge in [0, 0.05) is 18.1 Å². The van der Waals surface area contributed by atoms with Gasteiger partial charge >= 0.3 is 0 Å². The van der Waals surface area contributed by atoms with Crippen molar-refractivity contribution < 1.29 is 13.2 Å². The van der Waals surface area contributed by atoms with E-state index in [4.69, 9.17) is 4.74 Å². The van der Waals surface area contributed by atoms with E-state index in [1.54, 1.807) is 6.20 Å². The fourth-order valence-electron chi connectivity index (χ4n) is 3.00. The molecule has 7 heteroatoms. The van der Waals surface area contributed by atoms with Gasteiger partial charge in [-0.2, -0.15) is 0 Å². The molecule has 0 amide bonds. The van der Waals surface area contributed by atoms with Gasteiger partial charge in [0.2, 0.25) is 10.0 Å². The van der Waals surface area contributed by atoms with Crippen molar-refractivity contribution in [1.29, 1.82) is 0 Å². The quantitative estimate of drug-likeness (QED) is 0.758. The van der Waals surface area contributed by atoms with Crippen LogP contribution in [0.4, 0.5) is 0 Å². The van der Waals surface area contributed by atoms with Gasteiger partial charge in [-0.1, -0.05) is 25.8 Å². The van der Waals surface area contributed by atoms with Crippen LogP contribution in [0.1, 0.15) is 32.6 Å². The zero-order valence-corrected chi connectivity index (χ0v) is 15.5. The fourth-order valence-corrected chi connectivity index (χ4v) is 4.47. The first-order valence-corrected chi connectivity index (χ1v) is 9.93. The average molecular weight is 373 g/mol. The molecule has 2 heterocycles. The van der Waals surface area contributed by atoms with E-state index in [1.165, 1.54) is 3.97 Å². The van der Waals surface area contributed by atoms with E-state index in [2.05, 4.69) is 12.2 Å². The molecule has 0 radical (unpaired) electrons. The van der Waals surface area contributed by atoms with Gasteiger partial charge < -0.3 is 10.1 Å². The molecule has 1 aliphatic rings. The number of benzene rings is 1. The summed E-state index contributed by atoms with van der Waals surface area (Å²) in [5.74, 6) is 0.945. The molecular weight excluding hydrogens is 348 g/mol. The van der Waals surface area contributed by atoms with Crippen LogP contribution in [0.3, 0.4) is 0 Å². The molecule has 1 fully saturated rings. The molecule has 5 nitrogen and oxygen atoms in total. The van der Waals surface area contributed by atoms with Crippen LogP contribution in [0.2, 0.25) is 0 Å². The van der Waals surface area contributed by atoms with Crippen LogP contribution in [0, 0.1) is 0 Å². The molecule has 2 aromatic rings. The molecule has 1 atom stereocenters. The number of halogens is 1. The lowest BCUT2D eigenvalue weighted by atomic mass is 10.2. The van der Waals surface area contributed by atoms with Crippen LogP contribution in [-0.2, 0) is 10.0 Å². The van der Waals surface area contributed by atoms with Crippen LogP contribution >= 0.6 is 12.4 Å². The molecule has 134 valence electrons. The Morgan fingerprint density at radius 2 is 2.12 bits per heavy atom. The zero-order chi connectivity index (χ0) is 16.3. The van der Waals surface area contributed by atoms with E-state index in [0.717, 1.165) is 43.5 Å². The van der Waals surface area contributed by atoms with Crippen molar-refractivity contribution in [2.45, 2.75) is 38.7 Å². The number of hydrogen-bond acceptors (Lipinski definition) is 4. The molecule has 1 N–H and O–H groups in total. The van der Waals surface area contributed by atoms with E-state index >= 15 is 0 Å². The van der Waals surface area contributed by atoms with Crippen molar-refractivity contribution in [3.05, 3.63) is 30.5 Å². The van der Waals surface area contributed by atoms with Crippen LogP contribution in [-0.4, -0.2) is 37.3 Å². The lowest BCUT2D eigenvalue weighted by Crippen LogP contribution is -2.19. The summed E-state index contributed by atoms with van der Waals surface area (Å²) in [4.78, 5) is 0. The molecule has 0 bridgehead atoms. The Kier molecular flexibility index (Phi) is 6.54. The lowest BCUT2D eigenvalue weighted by Gasteiger charge is -2.14. The number of ether oxygens (including phenoxy) is 1. The monoisotopic (exact) mass is 372 g/mol. The Morgan fingerprint density at radius 1 is 1.29 bits per heavy atom. The summed E-state index contributed by atoms with van der Waals surface area (Å²) in [6.07, 6.45) is 5.42. The highest BCUT2D eigenvalue weighted by molar-refractivity contribution is 7.90. The van der Waals surface area contributed by atoms with E-state index in [1.807, 2.05) is 24.3 Å². The molecule has 1 aliphatic heterocycles. The van der Waals surface area contributed by atoms with Crippen molar-refractivity contribution in [2.24, 2.45) is 0 Å². The SMILES string of the molecule is CCCCCS(=O)(=O)n1ccc2c(OC3CCNC3)cccc21.Cl. The van der Waals surface area contributed by atoms with Crippen molar-refractivity contribution in [3.8, 4) is 5.75 Å². The number of unbranched alkanes of at least 4 members (excludes halogenated alkanes) is 2. The third-order valence-corrected chi connectivity index (χ3v) is 5.99. The third-order valence-electron chi connectivity index (χ3n) is 4.27. The highest BCUT2D eigenvalue weighted by Crippen LogP contribution is 2.29. The van der Waals surface area contributed by atoms with Crippen LogP contribution in [0.15, 0.2) is 30.5 Å². The van der Waals surface area contributed by atoms with Gasteiger partial charge in [-0.05, 0) is 37.6 Å².